The first-order valence-electron chi connectivity index (χ1n) is 6.01. The number of rotatable bonds is 6. The lowest BCUT2D eigenvalue weighted by Gasteiger charge is -2.24. The summed E-state index contributed by atoms with van der Waals surface area (Å²) < 4.78 is 5.29. The van der Waals surface area contributed by atoms with Crippen molar-refractivity contribution in [1.82, 2.24) is 4.90 Å². The van der Waals surface area contributed by atoms with Crippen LogP contribution in [0.5, 0.6) is 5.75 Å². The van der Waals surface area contributed by atoms with Crippen LogP contribution >= 0.6 is 34.8 Å². The zero-order valence-electron chi connectivity index (χ0n) is 11.4. The van der Waals surface area contributed by atoms with Crippen LogP contribution in [-0.4, -0.2) is 41.1 Å². The summed E-state index contributed by atoms with van der Waals surface area (Å²) in [7, 11) is 0. The fraction of sp³-hybridized carbons (Fsp3) is 0.385. The van der Waals surface area contributed by atoms with E-state index in [9.17, 15) is 9.59 Å². The van der Waals surface area contributed by atoms with E-state index in [1.807, 2.05) is 0 Å². The highest BCUT2D eigenvalue weighted by Gasteiger charge is 2.20. The molecule has 5 nitrogen and oxygen atoms in total. The SMILES string of the molecule is CC(C)N(CC(=O)O)C(=O)COc1cc(Cl)c(Cl)cc1Cl. The van der Waals surface area contributed by atoms with Crippen LogP contribution in [0, 0.1) is 0 Å². The van der Waals surface area contributed by atoms with Gasteiger partial charge in [0.05, 0.1) is 15.1 Å². The molecule has 0 aromatic heterocycles. The maximum absolute atomic E-state index is 12.0. The number of carbonyl (C=O) groups is 2. The van der Waals surface area contributed by atoms with Gasteiger partial charge in [-0.3, -0.25) is 9.59 Å². The molecule has 0 unspecified atom stereocenters. The Kier molecular flexibility index (Phi) is 6.58. The predicted octanol–water partition coefficient (Wildman–Crippen LogP) is 3.35. The molecule has 21 heavy (non-hydrogen) atoms. The van der Waals surface area contributed by atoms with Crippen LogP contribution in [0.15, 0.2) is 12.1 Å². The van der Waals surface area contributed by atoms with Gasteiger partial charge in [-0.1, -0.05) is 34.8 Å². The lowest BCUT2D eigenvalue weighted by atomic mass is 10.3. The van der Waals surface area contributed by atoms with Gasteiger partial charge in [0.1, 0.15) is 12.3 Å². The molecule has 0 atom stereocenters. The number of carbonyl (C=O) groups excluding carboxylic acids is 1. The van der Waals surface area contributed by atoms with Crippen molar-refractivity contribution in [2.45, 2.75) is 19.9 Å². The maximum Gasteiger partial charge on any atom is 0.323 e. The van der Waals surface area contributed by atoms with Crippen LogP contribution in [0.1, 0.15) is 13.8 Å². The van der Waals surface area contributed by atoms with Gasteiger partial charge in [-0.25, -0.2) is 0 Å². The summed E-state index contributed by atoms with van der Waals surface area (Å²) in [5, 5.41) is 9.52. The molecule has 0 aliphatic carbocycles. The second-order valence-electron chi connectivity index (χ2n) is 4.49. The second-order valence-corrected chi connectivity index (χ2v) is 5.72. The summed E-state index contributed by atoms with van der Waals surface area (Å²) in [5.41, 5.74) is 0. The highest BCUT2D eigenvalue weighted by atomic mass is 35.5. The van der Waals surface area contributed by atoms with Gasteiger partial charge in [0.25, 0.3) is 5.91 Å². The van der Waals surface area contributed by atoms with Crippen molar-refractivity contribution >= 4 is 46.7 Å². The summed E-state index contributed by atoms with van der Waals surface area (Å²) in [5.74, 6) is -1.35. The average molecular weight is 355 g/mol. The standard InChI is InChI=1S/C13H14Cl3NO4/c1-7(2)17(5-13(19)20)12(18)6-21-11-4-9(15)8(14)3-10(11)16/h3-4,7H,5-6H2,1-2H3,(H,19,20). The molecule has 0 fully saturated rings. The predicted molar refractivity (Wildman–Crippen MR) is 81.5 cm³/mol. The number of carboxylic acid groups (broad SMARTS) is 1. The largest absolute Gasteiger partial charge is 0.482 e. The smallest absolute Gasteiger partial charge is 0.323 e. The molecule has 0 radical (unpaired) electrons. The molecule has 0 heterocycles. The summed E-state index contributed by atoms with van der Waals surface area (Å²) in [6.07, 6.45) is 0. The van der Waals surface area contributed by atoms with Crippen molar-refractivity contribution in [2.75, 3.05) is 13.2 Å². The highest BCUT2D eigenvalue weighted by molar-refractivity contribution is 6.43. The lowest BCUT2D eigenvalue weighted by Crippen LogP contribution is -2.43. The van der Waals surface area contributed by atoms with Gasteiger partial charge in [0, 0.05) is 12.1 Å². The van der Waals surface area contributed by atoms with Crippen molar-refractivity contribution in [3.63, 3.8) is 0 Å². The number of hydrogen-bond donors (Lipinski definition) is 1. The molecule has 8 heteroatoms. The number of aliphatic carboxylic acids is 1. The first-order valence-corrected chi connectivity index (χ1v) is 7.14. The quantitative estimate of drug-likeness (QED) is 0.796. The van der Waals surface area contributed by atoms with E-state index in [1.165, 1.54) is 17.0 Å². The zero-order chi connectivity index (χ0) is 16.2. The van der Waals surface area contributed by atoms with E-state index in [0.717, 1.165) is 0 Å². The molecule has 0 spiro atoms. The van der Waals surface area contributed by atoms with Gasteiger partial charge in [0.15, 0.2) is 6.61 Å². The van der Waals surface area contributed by atoms with Crippen molar-refractivity contribution in [2.24, 2.45) is 0 Å². The van der Waals surface area contributed by atoms with Gasteiger partial charge in [-0.05, 0) is 19.9 Å². The Balaban J connectivity index is 2.75. The molecular formula is C13H14Cl3NO4. The van der Waals surface area contributed by atoms with Gasteiger partial charge >= 0.3 is 5.97 Å². The number of nitrogens with zero attached hydrogens (tertiary/aromatic N) is 1. The number of amides is 1. The average Bonchev–Trinajstić information content (AvgIpc) is 2.37. The van der Waals surface area contributed by atoms with E-state index in [1.54, 1.807) is 13.8 Å². The molecule has 0 bridgehead atoms. The molecule has 1 rings (SSSR count). The van der Waals surface area contributed by atoms with E-state index in [0.29, 0.717) is 0 Å². The van der Waals surface area contributed by atoms with E-state index < -0.39 is 18.4 Å². The number of carboxylic acids is 1. The van der Waals surface area contributed by atoms with E-state index in [-0.39, 0.29) is 33.5 Å². The van der Waals surface area contributed by atoms with Crippen molar-refractivity contribution in [3.05, 3.63) is 27.2 Å². The molecule has 1 aromatic carbocycles. The minimum Gasteiger partial charge on any atom is -0.482 e. The third-order valence-corrected chi connectivity index (χ3v) is 3.59. The monoisotopic (exact) mass is 353 g/mol. The summed E-state index contributed by atoms with van der Waals surface area (Å²) >= 11 is 17.5. The third-order valence-electron chi connectivity index (χ3n) is 2.58. The van der Waals surface area contributed by atoms with Crippen LogP contribution < -0.4 is 4.74 Å². The fourth-order valence-electron chi connectivity index (χ4n) is 1.54. The van der Waals surface area contributed by atoms with Crippen LogP contribution in [0.4, 0.5) is 0 Å². The van der Waals surface area contributed by atoms with Crippen LogP contribution in [0.3, 0.4) is 0 Å². The molecule has 0 saturated carbocycles. The van der Waals surface area contributed by atoms with Crippen molar-refractivity contribution < 1.29 is 19.4 Å². The summed E-state index contributed by atoms with van der Waals surface area (Å²) in [6, 6.07) is 2.54. The normalized spacial score (nSPS) is 10.6. The first-order chi connectivity index (χ1) is 9.72. The van der Waals surface area contributed by atoms with Crippen molar-refractivity contribution in [1.29, 1.82) is 0 Å². The molecule has 0 aliphatic heterocycles. The summed E-state index contributed by atoms with van der Waals surface area (Å²) in [6.45, 7) is 2.69. The number of ether oxygens (including phenoxy) is 1. The van der Waals surface area contributed by atoms with Crippen LogP contribution in [0.2, 0.25) is 15.1 Å². The third kappa shape index (κ3) is 5.26. The van der Waals surface area contributed by atoms with Crippen LogP contribution in [-0.2, 0) is 9.59 Å². The topological polar surface area (TPSA) is 66.8 Å². The molecule has 1 amide bonds. The van der Waals surface area contributed by atoms with Crippen molar-refractivity contribution in [3.8, 4) is 5.75 Å². The Morgan fingerprint density at radius 2 is 1.76 bits per heavy atom. The zero-order valence-corrected chi connectivity index (χ0v) is 13.7. The summed E-state index contributed by atoms with van der Waals surface area (Å²) in [4.78, 5) is 23.9. The van der Waals surface area contributed by atoms with E-state index in [4.69, 9.17) is 44.6 Å². The van der Waals surface area contributed by atoms with E-state index in [2.05, 4.69) is 0 Å². The maximum atomic E-state index is 12.0. The Bertz CT molecular complexity index is 548. The minimum absolute atomic E-state index is 0.207. The molecule has 0 aliphatic rings. The number of halogens is 3. The lowest BCUT2D eigenvalue weighted by molar-refractivity contribution is -0.146. The Hall–Kier alpha value is -1.17. The minimum atomic E-state index is -1.09. The molecule has 116 valence electrons. The molecule has 1 aromatic rings. The number of benzene rings is 1. The molecule has 1 N–H and O–H groups in total. The fourth-order valence-corrected chi connectivity index (χ4v) is 2.13. The number of hydrogen-bond acceptors (Lipinski definition) is 3. The van der Waals surface area contributed by atoms with Gasteiger partial charge in [-0.15, -0.1) is 0 Å². The second kappa shape index (κ2) is 7.73. The highest BCUT2D eigenvalue weighted by Crippen LogP contribution is 2.33. The molecular weight excluding hydrogens is 341 g/mol. The van der Waals surface area contributed by atoms with E-state index >= 15 is 0 Å². The van der Waals surface area contributed by atoms with Crippen LogP contribution in [0.25, 0.3) is 0 Å². The first kappa shape index (κ1) is 17.9. The van der Waals surface area contributed by atoms with Gasteiger partial charge in [-0.2, -0.15) is 0 Å². The van der Waals surface area contributed by atoms with Gasteiger partial charge in [0.2, 0.25) is 0 Å². The molecule has 0 saturated heterocycles. The van der Waals surface area contributed by atoms with Gasteiger partial charge < -0.3 is 14.7 Å². The Morgan fingerprint density at radius 3 is 2.29 bits per heavy atom. The Labute approximate surface area is 137 Å². The Morgan fingerprint density at radius 1 is 1.19 bits per heavy atom.